The Hall–Kier alpha value is -2.09. The summed E-state index contributed by atoms with van der Waals surface area (Å²) in [6.45, 7) is 4.31. The fourth-order valence-corrected chi connectivity index (χ4v) is 2.47. The van der Waals surface area contributed by atoms with Crippen molar-refractivity contribution in [1.29, 1.82) is 0 Å². The molecule has 1 atom stereocenters. The third kappa shape index (κ3) is 4.45. The molecular formula is C19H22O2. The third-order valence-electron chi connectivity index (χ3n) is 3.80. The molecule has 0 aliphatic heterocycles. The van der Waals surface area contributed by atoms with Gasteiger partial charge in [-0.2, -0.15) is 0 Å². The summed E-state index contributed by atoms with van der Waals surface area (Å²) >= 11 is 0. The molecular weight excluding hydrogens is 260 g/mol. The maximum atomic E-state index is 11.5. The van der Waals surface area contributed by atoms with E-state index in [0.29, 0.717) is 18.8 Å². The van der Waals surface area contributed by atoms with Crippen LogP contribution in [0.4, 0.5) is 0 Å². The SMILES string of the molecule is CC(C)c1ccc(CC(Cc2ccccc2)C(=O)O)cc1. The second-order valence-electron chi connectivity index (χ2n) is 5.83. The summed E-state index contributed by atoms with van der Waals surface area (Å²) < 4.78 is 0. The van der Waals surface area contributed by atoms with E-state index in [2.05, 4.69) is 38.1 Å². The van der Waals surface area contributed by atoms with Crippen LogP contribution in [0.25, 0.3) is 0 Å². The molecule has 2 heteroatoms. The molecule has 1 unspecified atom stereocenters. The summed E-state index contributed by atoms with van der Waals surface area (Å²) in [5, 5.41) is 9.44. The normalized spacial score (nSPS) is 12.3. The van der Waals surface area contributed by atoms with E-state index in [1.165, 1.54) is 5.56 Å². The highest BCUT2D eigenvalue weighted by Crippen LogP contribution is 2.19. The Kier molecular flexibility index (Phi) is 5.15. The average Bonchev–Trinajstić information content (AvgIpc) is 2.48. The van der Waals surface area contributed by atoms with Gasteiger partial charge in [0.15, 0.2) is 0 Å². The molecule has 0 amide bonds. The van der Waals surface area contributed by atoms with Crippen LogP contribution in [0, 0.1) is 5.92 Å². The zero-order valence-electron chi connectivity index (χ0n) is 12.6. The maximum Gasteiger partial charge on any atom is 0.307 e. The van der Waals surface area contributed by atoms with E-state index in [0.717, 1.165) is 11.1 Å². The molecule has 0 fully saturated rings. The molecule has 0 heterocycles. The van der Waals surface area contributed by atoms with Crippen LogP contribution >= 0.6 is 0 Å². The van der Waals surface area contributed by atoms with Crippen molar-refractivity contribution in [3.63, 3.8) is 0 Å². The van der Waals surface area contributed by atoms with Gasteiger partial charge in [-0.1, -0.05) is 68.4 Å². The zero-order chi connectivity index (χ0) is 15.2. The van der Waals surface area contributed by atoms with Crippen LogP contribution in [0.2, 0.25) is 0 Å². The van der Waals surface area contributed by atoms with Gasteiger partial charge in [-0.3, -0.25) is 4.79 Å². The predicted molar refractivity (Wildman–Crippen MR) is 85.5 cm³/mol. The lowest BCUT2D eigenvalue weighted by atomic mass is 9.91. The van der Waals surface area contributed by atoms with Crippen LogP contribution in [0.3, 0.4) is 0 Å². The van der Waals surface area contributed by atoms with Gasteiger partial charge in [-0.25, -0.2) is 0 Å². The monoisotopic (exact) mass is 282 g/mol. The lowest BCUT2D eigenvalue weighted by molar-refractivity contribution is -0.141. The first-order valence-corrected chi connectivity index (χ1v) is 7.42. The molecule has 21 heavy (non-hydrogen) atoms. The Bertz CT molecular complexity index is 570. The summed E-state index contributed by atoms with van der Waals surface area (Å²) in [4.78, 5) is 11.5. The average molecular weight is 282 g/mol. The summed E-state index contributed by atoms with van der Waals surface area (Å²) in [5.74, 6) is -0.609. The van der Waals surface area contributed by atoms with Crippen LogP contribution in [-0.2, 0) is 17.6 Å². The minimum atomic E-state index is -0.730. The topological polar surface area (TPSA) is 37.3 Å². The third-order valence-corrected chi connectivity index (χ3v) is 3.80. The van der Waals surface area contributed by atoms with E-state index in [9.17, 15) is 9.90 Å². The molecule has 2 aromatic carbocycles. The van der Waals surface area contributed by atoms with Gasteiger partial charge in [0.05, 0.1) is 5.92 Å². The molecule has 110 valence electrons. The molecule has 2 nitrogen and oxygen atoms in total. The van der Waals surface area contributed by atoms with E-state index in [1.54, 1.807) is 0 Å². The second-order valence-corrected chi connectivity index (χ2v) is 5.83. The van der Waals surface area contributed by atoms with Crippen molar-refractivity contribution in [3.05, 3.63) is 71.3 Å². The molecule has 0 saturated carbocycles. The van der Waals surface area contributed by atoms with Crippen LogP contribution in [-0.4, -0.2) is 11.1 Å². The minimum Gasteiger partial charge on any atom is -0.481 e. The molecule has 1 N–H and O–H groups in total. The Labute approximate surface area is 126 Å². The van der Waals surface area contributed by atoms with Crippen LogP contribution in [0.5, 0.6) is 0 Å². The molecule has 0 aliphatic rings. The Morgan fingerprint density at radius 3 is 1.90 bits per heavy atom. The van der Waals surface area contributed by atoms with Gasteiger partial charge < -0.3 is 5.11 Å². The largest absolute Gasteiger partial charge is 0.481 e. The van der Waals surface area contributed by atoms with Gasteiger partial charge in [0, 0.05) is 0 Å². The Morgan fingerprint density at radius 1 is 0.905 bits per heavy atom. The number of carboxylic acids is 1. The highest BCUT2D eigenvalue weighted by Gasteiger charge is 2.18. The first-order valence-electron chi connectivity index (χ1n) is 7.42. The molecule has 0 aromatic heterocycles. The van der Waals surface area contributed by atoms with Crippen molar-refractivity contribution in [2.45, 2.75) is 32.6 Å². The number of benzene rings is 2. The fourth-order valence-electron chi connectivity index (χ4n) is 2.47. The van der Waals surface area contributed by atoms with Gasteiger partial charge in [0.25, 0.3) is 0 Å². The second kappa shape index (κ2) is 7.07. The maximum absolute atomic E-state index is 11.5. The molecule has 0 radical (unpaired) electrons. The van der Waals surface area contributed by atoms with Crippen LogP contribution in [0.1, 0.15) is 36.5 Å². The van der Waals surface area contributed by atoms with E-state index < -0.39 is 5.97 Å². The smallest absolute Gasteiger partial charge is 0.307 e. The Morgan fingerprint density at radius 2 is 1.43 bits per heavy atom. The van der Waals surface area contributed by atoms with Gasteiger partial charge >= 0.3 is 5.97 Å². The number of aliphatic carboxylic acids is 1. The van der Waals surface area contributed by atoms with E-state index in [1.807, 2.05) is 30.3 Å². The van der Waals surface area contributed by atoms with Gasteiger partial charge in [0.1, 0.15) is 0 Å². The number of carbonyl (C=O) groups is 1. The summed E-state index contributed by atoms with van der Waals surface area (Å²) in [7, 11) is 0. The number of rotatable bonds is 6. The molecule has 0 bridgehead atoms. The number of hydrogen-bond acceptors (Lipinski definition) is 1. The van der Waals surface area contributed by atoms with Crippen molar-refractivity contribution < 1.29 is 9.90 Å². The van der Waals surface area contributed by atoms with E-state index in [-0.39, 0.29) is 5.92 Å². The molecule has 2 rings (SSSR count). The molecule has 0 saturated heterocycles. The summed E-state index contributed by atoms with van der Waals surface area (Å²) in [5.41, 5.74) is 3.44. The van der Waals surface area contributed by atoms with Crippen molar-refractivity contribution in [2.75, 3.05) is 0 Å². The predicted octanol–water partition coefficient (Wildman–Crippen LogP) is 4.30. The van der Waals surface area contributed by atoms with Crippen LogP contribution in [0.15, 0.2) is 54.6 Å². The summed E-state index contributed by atoms with van der Waals surface area (Å²) in [6, 6.07) is 18.1. The van der Waals surface area contributed by atoms with E-state index >= 15 is 0 Å². The van der Waals surface area contributed by atoms with Gasteiger partial charge in [0.2, 0.25) is 0 Å². The van der Waals surface area contributed by atoms with Gasteiger partial charge in [-0.05, 0) is 35.4 Å². The highest BCUT2D eigenvalue weighted by atomic mass is 16.4. The van der Waals surface area contributed by atoms with Crippen molar-refractivity contribution in [3.8, 4) is 0 Å². The van der Waals surface area contributed by atoms with E-state index in [4.69, 9.17) is 0 Å². The lowest BCUT2D eigenvalue weighted by Gasteiger charge is -2.13. The van der Waals surface area contributed by atoms with Crippen molar-refractivity contribution in [1.82, 2.24) is 0 Å². The first-order chi connectivity index (χ1) is 10.1. The lowest BCUT2D eigenvalue weighted by Crippen LogP contribution is -2.19. The first kappa shape index (κ1) is 15.3. The Balaban J connectivity index is 2.07. The van der Waals surface area contributed by atoms with Gasteiger partial charge in [-0.15, -0.1) is 0 Å². The molecule has 0 aliphatic carbocycles. The standard InChI is InChI=1S/C19H22O2/c1-14(2)17-10-8-16(9-11-17)13-18(19(20)21)12-15-6-4-3-5-7-15/h3-11,14,18H,12-13H2,1-2H3,(H,20,21). The number of carboxylic acid groups (broad SMARTS) is 1. The van der Waals surface area contributed by atoms with Crippen molar-refractivity contribution in [2.24, 2.45) is 5.92 Å². The molecule has 0 spiro atoms. The zero-order valence-corrected chi connectivity index (χ0v) is 12.6. The fraction of sp³-hybridized carbons (Fsp3) is 0.316. The van der Waals surface area contributed by atoms with Crippen LogP contribution < -0.4 is 0 Å². The van der Waals surface area contributed by atoms with Crippen molar-refractivity contribution >= 4 is 5.97 Å². The summed E-state index contributed by atoms with van der Waals surface area (Å²) in [6.07, 6.45) is 1.14. The molecule has 2 aromatic rings. The quantitative estimate of drug-likeness (QED) is 0.858. The minimum absolute atomic E-state index is 0.378. The number of hydrogen-bond donors (Lipinski definition) is 1. The highest BCUT2D eigenvalue weighted by molar-refractivity contribution is 5.70.